The summed E-state index contributed by atoms with van der Waals surface area (Å²) in [6.45, 7) is 2.31. The number of carbonyl (C=O) groups excluding carboxylic acids is 1. The summed E-state index contributed by atoms with van der Waals surface area (Å²) in [5, 5.41) is 6.53. The van der Waals surface area contributed by atoms with E-state index in [1.807, 2.05) is 24.3 Å². The molecular formula is C19H21F2N3O. The van der Waals surface area contributed by atoms with Crippen molar-refractivity contribution in [2.24, 2.45) is 18.4 Å². The molecule has 1 heterocycles. The van der Waals surface area contributed by atoms with Crippen LogP contribution in [0.4, 0.5) is 14.5 Å². The molecule has 2 atom stereocenters. The molecule has 2 aromatic rings. The Balaban J connectivity index is 1.59. The van der Waals surface area contributed by atoms with Crippen LogP contribution in [0.2, 0.25) is 0 Å². The van der Waals surface area contributed by atoms with Crippen LogP contribution in [0, 0.1) is 11.3 Å². The number of aromatic nitrogens is 2. The first-order valence-corrected chi connectivity index (χ1v) is 8.62. The van der Waals surface area contributed by atoms with Gasteiger partial charge in [0.2, 0.25) is 0 Å². The number of rotatable bonds is 5. The number of para-hydroxylation sites is 1. The summed E-state index contributed by atoms with van der Waals surface area (Å²) in [4.78, 5) is 12.6. The summed E-state index contributed by atoms with van der Waals surface area (Å²) in [6, 6.07) is 7.70. The molecule has 0 bridgehead atoms. The minimum absolute atomic E-state index is 0.0759. The molecule has 1 aromatic heterocycles. The molecule has 2 fully saturated rings. The molecule has 1 aromatic carbocycles. The van der Waals surface area contributed by atoms with Crippen molar-refractivity contribution in [3.05, 3.63) is 47.3 Å². The molecule has 0 radical (unpaired) electrons. The van der Waals surface area contributed by atoms with E-state index in [9.17, 15) is 13.6 Å². The average molecular weight is 345 g/mol. The highest BCUT2D eigenvalue weighted by Crippen LogP contribution is 2.70. The van der Waals surface area contributed by atoms with Gasteiger partial charge in [-0.15, -0.1) is 0 Å². The molecular weight excluding hydrogens is 324 g/mol. The van der Waals surface area contributed by atoms with Crippen LogP contribution in [0.5, 0.6) is 0 Å². The van der Waals surface area contributed by atoms with E-state index < -0.39 is 18.0 Å². The topological polar surface area (TPSA) is 46.9 Å². The quantitative estimate of drug-likeness (QED) is 0.866. The lowest BCUT2D eigenvalue weighted by Gasteiger charge is -2.14. The largest absolute Gasteiger partial charge is 0.322 e. The number of alkyl halides is 2. The van der Waals surface area contributed by atoms with Crippen LogP contribution in [-0.2, 0) is 7.05 Å². The van der Waals surface area contributed by atoms with Crippen LogP contribution in [0.25, 0.3) is 0 Å². The van der Waals surface area contributed by atoms with Crippen LogP contribution in [-0.4, -0.2) is 15.7 Å². The highest BCUT2D eigenvalue weighted by atomic mass is 19.3. The summed E-state index contributed by atoms with van der Waals surface area (Å²) in [5.74, 6) is 0.676. The maximum absolute atomic E-state index is 13.1. The molecule has 6 heteroatoms. The molecule has 2 aliphatic rings. The number of nitrogens with one attached hydrogen (secondary N) is 1. The van der Waals surface area contributed by atoms with E-state index in [1.54, 1.807) is 0 Å². The summed E-state index contributed by atoms with van der Waals surface area (Å²) < 4.78 is 27.4. The molecule has 0 saturated heterocycles. The third-order valence-corrected chi connectivity index (χ3v) is 5.68. The molecule has 1 N–H and O–H groups in total. The van der Waals surface area contributed by atoms with E-state index in [4.69, 9.17) is 0 Å². The Morgan fingerprint density at radius 3 is 2.76 bits per heavy atom. The molecule has 0 spiro atoms. The van der Waals surface area contributed by atoms with Crippen molar-refractivity contribution in [2.45, 2.75) is 38.5 Å². The first kappa shape index (κ1) is 16.2. The Morgan fingerprint density at radius 1 is 1.36 bits per heavy atom. The number of nitrogens with zero attached hydrogens (tertiary/aromatic N) is 2. The van der Waals surface area contributed by atoms with Gasteiger partial charge < -0.3 is 5.32 Å². The van der Waals surface area contributed by atoms with Gasteiger partial charge in [-0.2, -0.15) is 5.10 Å². The Morgan fingerprint density at radius 2 is 2.08 bits per heavy atom. The zero-order valence-corrected chi connectivity index (χ0v) is 14.3. The maximum atomic E-state index is 13.1. The monoisotopic (exact) mass is 345 g/mol. The number of benzene rings is 1. The summed E-state index contributed by atoms with van der Waals surface area (Å²) in [6.07, 6.45) is 2.26. The fourth-order valence-corrected chi connectivity index (χ4v) is 3.99. The van der Waals surface area contributed by atoms with Gasteiger partial charge in [-0.1, -0.05) is 25.1 Å². The first-order valence-electron chi connectivity index (χ1n) is 8.62. The van der Waals surface area contributed by atoms with E-state index in [2.05, 4.69) is 17.3 Å². The van der Waals surface area contributed by atoms with Crippen molar-refractivity contribution in [3.8, 4) is 0 Å². The van der Waals surface area contributed by atoms with E-state index >= 15 is 0 Å². The van der Waals surface area contributed by atoms with Gasteiger partial charge >= 0.3 is 0 Å². The minimum Gasteiger partial charge on any atom is -0.322 e. The Kier molecular flexibility index (Phi) is 3.67. The second kappa shape index (κ2) is 5.64. The third kappa shape index (κ3) is 2.83. The number of amides is 1. The Hall–Kier alpha value is -2.24. The maximum Gasteiger partial charge on any atom is 0.282 e. The third-order valence-electron chi connectivity index (χ3n) is 5.68. The zero-order valence-electron chi connectivity index (χ0n) is 14.3. The molecule has 132 valence electrons. The van der Waals surface area contributed by atoms with Gasteiger partial charge in [0, 0.05) is 18.9 Å². The van der Waals surface area contributed by atoms with Gasteiger partial charge in [-0.3, -0.25) is 9.48 Å². The van der Waals surface area contributed by atoms with E-state index in [1.165, 1.54) is 30.8 Å². The predicted molar refractivity (Wildman–Crippen MR) is 90.7 cm³/mol. The fraction of sp³-hybridized carbons (Fsp3) is 0.474. The van der Waals surface area contributed by atoms with Crippen molar-refractivity contribution >= 4 is 11.6 Å². The van der Waals surface area contributed by atoms with Gasteiger partial charge in [0.05, 0.1) is 5.56 Å². The number of hydrogen-bond donors (Lipinski definition) is 1. The van der Waals surface area contributed by atoms with Crippen LogP contribution < -0.4 is 5.32 Å². The second-order valence-corrected chi connectivity index (χ2v) is 7.48. The summed E-state index contributed by atoms with van der Waals surface area (Å²) in [5.41, 5.74) is 1.59. The van der Waals surface area contributed by atoms with E-state index in [0.717, 1.165) is 17.9 Å². The zero-order chi connectivity index (χ0) is 17.8. The smallest absolute Gasteiger partial charge is 0.282 e. The normalized spacial score (nSPS) is 25.2. The van der Waals surface area contributed by atoms with Gasteiger partial charge in [0.25, 0.3) is 12.3 Å². The van der Waals surface area contributed by atoms with Crippen molar-refractivity contribution in [1.82, 2.24) is 9.78 Å². The molecule has 4 nitrogen and oxygen atoms in total. The number of halogens is 2. The highest BCUT2D eigenvalue weighted by Gasteiger charge is 2.59. The van der Waals surface area contributed by atoms with Gasteiger partial charge in [0.15, 0.2) is 0 Å². The minimum atomic E-state index is -2.78. The summed E-state index contributed by atoms with van der Waals surface area (Å²) >= 11 is 0. The highest BCUT2D eigenvalue weighted by molar-refractivity contribution is 6.05. The molecule has 0 aliphatic heterocycles. The van der Waals surface area contributed by atoms with Gasteiger partial charge in [-0.05, 0) is 48.1 Å². The molecule has 2 aliphatic carbocycles. The average Bonchev–Trinajstić information content (AvgIpc) is 3.47. The van der Waals surface area contributed by atoms with Gasteiger partial charge in [0.1, 0.15) is 5.69 Å². The Labute approximate surface area is 145 Å². The number of carbonyl (C=O) groups is 1. The van der Waals surface area contributed by atoms with Crippen LogP contribution in [0.3, 0.4) is 0 Å². The van der Waals surface area contributed by atoms with Crippen molar-refractivity contribution < 1.29 is 13.6 Å². The number of aryl methyl sites for hydroxylation is 1. The predicted octanol–water partition coefficient (Wildman–Crippen LogP) is 4.51. The van der Waals surface area contributed by atoms with Crippen molar-refractivity contribution in [2.75, 3.05) is 5.32 Å². The molecule has 25 heavy (non-hydrogen) atoms. The summed E-state index contributed by atoms with van der Waals surface area (Å²) in [7, 11) is 1.53. The van der Waals surface area contributed by atoms with Crippen LogP contribution in [0.1, 0.15) is 60.1 Å². The van der Waals surface area contributed by atoms with Crippen molar-refractivity contribution in [3.63, 3.8) is 0 Å². The lowest BCUT2D eigenvalue weighted by atomic mass is 9.95. The Bertz CT molecular complexity index is 828. The fourth-order valence-electron chi connectivity index (χ4n) is 3.99. The molecule has 1 amide bonds. The molecule has 4 rings (SSSR count). The van der Waals surface area contributed by atoms with Gasteiger partial charge in [-0.25, -0.2) is 8.78 Å². The first-order chi connectivity index (χ1) is 11.9. The van der Waals surface area contributed by atoms with E-state index in [0.29, 0.717) is 17.0 Å². The number of anilines is 1. The standard InChI is InChI=1S/C19H21F2N3O/c1-19(11-7-8-11)9-14(19)12-5-3-4-6-15(12)22-18(25)13-10-24(2)23-16(13)17(20)21/h3-6,10-11,14,17H,7-9H2,1-2H3,(H,22,25)/t14-,19-/m0/s1. The molecule has 0 unspecified atom stereocenters. The SMILES string of the molecule is Cn1cc(C(=O)Nc2ccccc2[C@@H]2C[C@@]2(C)C2CC2)c(C(F)F)n1. The van der Waals surface area contributed by atoms with Crippen LogP contribution >= 0.6 is 0 Å². The lowest BCUT2D eigenvalue weighted by molar-refractivity contribution is 0.101. The van der Waals surface area contributed by atoms with E-state index in [-0.39, 0.29) is 5.56 Å². The molecule has 2 saturated carbocycles. The van der Waals surface area contributed by atoms with Crippen LogP contribution in [0.15, 0.2) is 30.5 Å². The van der Waals surface area contributed by atoms with Crippen molar-refractivity contribution in [1.29, 1.82) is 0 Å². The number of hydrogen-bond acceptors (Lipinski definition) is 2. The lowest BCUT2D eigenvalue weighted by Crippen LogP contribution is -2.15. The second-order valence-electron chi connectivity index (χ2n) is 7.48.